The number of benzene rings is 2. The highest BCUT2D eigenvalue weighted by Gasteiger charge is 2.02. The Hall–Kier alpha value is -0.680. The van der Waals surface area contributed by atoms with Crippen molar-refractivity contribution >= 4 is 40.0 Å². The molecule has 2 N–H and O–H groups in total. The van der Waals surface area contributed by atoms with Crippen LogP contribution in [0, 0.1) is 10.5 Å². The van der Waals surface area contributed by atoms with Crippen LogP contribution in [0.3, 0.4) is 0 Å². The molecule has 17 heavy (non-hydrogen) atoms. The molecule has 0 fully saturated rings. The van der Waals surface area contributed by atoms with Crippen LogP contribution in [0.2, 0.25) is 0 Å². The van der Waals surface area contributed by atoms with Crippen LogP contribution >= 0.6 is 34.4 Å². The Kier molecular flexibility index (Phi) is 4.34. The van der Waals surface area contributed by atoms with E-state index in [1.54, 1.807) is 11.8 Å². The van der Waals surface area contributed by atoms with Crippen molar-refractivity contribution in [3.8, 4) is 0 Å². The lowest BCUT2D eigenvalue weighted by Gasteiger charge is -2.07. The Labute approximate surface area is 120 Å². The van der Waals surface area contributed by atoms with E-state index in [9.17, 15) is 0 Å². The monoisotopic (exact) mass is 355 g/mol. The lowest BCUT2D eigenvalue weighted by atomic mass is 10.1. The minimum absolute atomic E-state index is 0.871. The molecule has 0 aliphatic carbocycles. The molecule has 0 saturated heterocycles. The Balaban J connectivity index is 2.10. The maximum Gasteiger partial charge on any atom is 0.0462 e. The number of halogens is 1. The Morgan fingerprint density at radius 3 is 2.65 bits per heavy atom. The van der Waals surface area contributed by atoms with Crippen LogP contribution in [-0.2, 0) is 5.75 Å². The second-order valence-corrected chi connectivity index (χ2v) is 6.16. The number of nitrogen functional groups attached to an aromatic ring is 1. The largest absolute Gasteiger partial charge is 0.398 e. The summed E-state index contributed by atoms with van der Waals surface area (Å²) in [6.07, 6.45) is 0. The van der Waals surface area contributed by atoms with Gasteiger partial charge in [0.15, 0.2) is 0 Å². The second-order valence-electron chi connectivity index (χ2n) is 3.90. The average Bonchev–Trinajstić information content (AvgIpc) is 2.30. The fourth-order valence-corrected chi connectivity index (χ4v) is 3.12. The molecule has 88 valence electrons. The fraction of sp³-hybridized carbons (Fsp3) is 0.143. The van der Waals surface area contributed by atoms with E-state index >= 15 is 0 Å². The third-order valence-corrected chi connectivity index (χ3v) is 4.43. The molecule has 0 atom stereocenters. The van der Waals surface area contributed by atoms with Gasteiger partial charge in [0.2, 0.25) is 0 Å². The maximum atomic E-state index is 6.00. The van der Waals surface area contributed by atoms with E-state index in [2.05, 4.69) is 65.9 Å². The van der Waals surface area contributed by atoms with Crippen molar-refractivity contribution in [2.24, 2.45) is 0 Å². The molecule has 2 aromatic rings. The van der Waals surface area contributed by atoms with Gasteiger partial charge in [-0.25, -0.2) is 0 Å². The molecule has 0 aromatic heterocycles. The van der Waals surface area contributed by atoms with E-state index in [0.29, 0.717) is 0 Å². The van der Waals surface area contributed by atoms with Gasteiger partial charge in [-0.05, 0) is 58.8 Å². The van der Waals surface area contributed by atoms with E-state index in [1.165, 1.54) is 14.7 Å². The SMILES string of the molecule is Cc1ccccc1CSc1ccc(I)cc1N. The number of anilines is 1. The number of rotatable bonds is 3. The molecule has 3 heteroatoms. The van der Waals surface area contributed by atoms with Crippen molar-refractivity contribution in [3.63, 3.8) is 0 Å². The predicted molar refractivity (Wildman–Crippen MR) is 84.3 cm³/mol. The lowest BCUT2D eigenvalue weighted by Crippen LogP contribution is -1.91. The number of hydrogen-bond acceptors (Lipinski definition) is 2. The van der Waals surface area contributed by atoms with Gasteiger partial charge in [0, 0.05) is 19.9 Å². The number of aryl methyl sites for hydroxylation is 1. The van der Waals surface area contributed by atoms with Crippen LogP contribution in [0.4, 0.5) is 5.69 Å². The molecule has 0 heterocycles. The smallest absolute Gasteiger partial charge is 0.0462 e. The maximum absolute atomic E-state index is 6.00. The highest BCUT2D eigenvalue weighted by molar-refractivity contribution is 14.1. The van der Waals surface area contributed by atoms with Gasteiger partial charge in [-0.1, -0.05) is 24.3 Å². The van der Waals surface area contributed by atoms with Crippen molar-refractivity contribution in [2.45, 2.75) is 17.6 Å². The van der Waals surface area contributed by atoms with Crippen molar-refractivity contribution in [1.29, 1.82) is 0 Å². The first-order valence-electron chi connectivity index (χ1n) is 5.39. The normalized spacial score (nSPS) is 10.5. The number of thioether (sulfide) groups is 1. The molecule has 1 nitrogen and oxygen atoms in total. The summed E-state index contributed by atoms with van der Waals surface area (Å²) in [7, 11) is 0. The highest BCUT2D eigenvalue weighted by atomic mass is 127. The van der Waals surface area contributed by atoms with Gasteiger partial charge in [0.05, 0.1) is 0 Å². The predicted octanol–water partition coefficient (Wildman–Crippen LogP) is 4.47. The first kappa shape index (κ1) is 12.8. The van der Waals surface area contributed by atoms with Gasteiger partial charge in [0.1, 0.15) is 0 Å². The summed E-state index contributed by atoms with van der Waals surface area (Å²) in [6.45, 7) is 2.15. The van der Waals surface area contributed by atoms with Gasteiger partial charge < -0.3 is 5.73 Å². The molecule has 0 saturated carbocycles. The van der Waals surface area contributed by atoms with Crippen LogP contribution in [-0.4, -0.2) is 0 Å². The quantitative estimate of drug-likeness (QED) is 0.499. The zero-order valence-corrected chi connectivity index (χ0v) is 12.6. The Morgan fingerprint density at radius 2 is 1.94 bits per heavy atom. The van der Waals surface area contributed by atoms with Crippen LogP contribution in [0.25, 0.3) is 0 Å². The number of nitrogens with two attached hydrogens (primary N) is 1. The summed E-state index contributed by atoms with van der Waals surface area (Å²) in [5, 5.41) is 0. The fourth-order valence-electron chi connectivity index (χ4n) is 1.58. The Bertz CT molecular complexity index is 525. The van der Waals surface area contributed by atoms with E-state index in [-0.39, 0.29) is 0 Å². The summed E-state index contributed by atoms with van der Waals surface area (Å²) in [4.78, 5) is 1.16. The zero-order valence-electron chi connectivity index (χ0n) is 9.61. The van der Waals surface area contributed by atoms with Crippen molar-refractivity contribution < 1.29 is 0 Å². The molecular weight excluding hydrogens is 341 g/mol. The van der Waals surface area contributed by atoms with Gasteiger partial charge in [-0.15, -0.1) is 11.8 Å². The highest BCUT2D eigenvalue weighted by Crippen LogP contribution is 2.29. The molecule has 2 aromatic carbocycles. The van der Waals surface area contributed by atoms with E-state index in [1.807, 2.05) is 6.07 Å². The lowest BCUT2D eigenvalue weighted by molar-refractivity contribution is 1.30. The van der Waals surface area contributed by atoms with Crippen LogP contribution < -0.4 is 5.73 Å². The van der Waals surface area contributed by atoms with Crippen LogP contribution in [0.1, 0.15) is 11.1 Å². The summed E-state index contributed by atoms with van der Waals surface area (Å²) < 4.78 is 1.18. The Morgan fingerprint density at radius 1 is 1.18 bits per heavy atom. The van der Waals surface area contributed by atoms with Gasteiger partial charge >= 0.3 is 0 Å². The average molecular weight is 355 g/mol. The van der Waals surface area contributed by atoms with Gasteiger partial charge in [-0.2, -0.15) is 0 Å². The molecule has 0 unspecified atom stereocenters. The van der Waals surface area contributed by atoms with Crippen LogP contribution in [0.5, 0.6) is 0 Å². The summed E-state index contributed by atoms with van der Waals surface area (Å²) in [6, 6.07) is 14.7. The molecule has 2 rings (SSSR count). The topological polar surface area (TPSA) is 26.0 Å². The standard InChI is InChI=1S/C14H14INS/c1-10-4-2-3-5-11(10)9-17-14-7-6-12(15)8-13(14)16/h2-8H,9,16H2,1H3. The first-order chi connectivity index (χ1) is 8.16. The van der Waals surface area contributed by atoms with E-state index < -0.39 is 0 Å². The van der Waals surface area contributed by atoms with Crippen molar-refractivity contribution in [2.75, 3.05) is 5.73 Å². The minimum Gasteiger partial charge on any atom is -0.398 e. The van der Waals surface area contributed by atoms with Gasteiger partial charge in [0.25, 0.3) is 0 Å². The summed E-state index contributed by atoms with van der Waals surface area (Å²) in [5.74, 6) is 0.970. The second kappa shape index (κ2) is 5.78. The van der Waals surface area contributed by atoms with Crippen molar-refractivity contribution in [3.05, 3.63) is 57.2 Å². The first-order valence-corrected chi connectivity index (χ1v) is 7.45. The molecular formula is C14H14INS. The summed E-state index contributed by atoms with van der Waals surface area (Å²) >= 11 is 4.07. The molecule has 0 aliphatic heterocycles. The van der Waals surface area contributed by atoms with Crippen molar-refractivity contribution in [1.82, 2.24) is 0 Å². The third kappa shape index (κ3) is 3.39. The third-order valence-electron chi connectivity index (χ3n) is 2.62. The molecule has 0 amide bonds. The molecule has 0 aliphatic rings. The summed E-state index contributed by atoms with van der Waals surface area (Å²) in [5.41, 5.74) is 9.58. The molecule has 0 spiro atoms. The van der Waals surface area contributed by atoms with Gasteiger partial charge in [-0.3, -0.25) is 0 Å². The minimum atomic E-state index is 0.871. The zero-order chi connectivity index (χ0) is 12.3. The van der Waals surface area contributed by atoms with E-state index in [0.717, 1.165) is 16.3 Å². The van der Waals surface area contributed by atoms with Crippen LogP contribution in [0.15, 0.2) is 47.4 Å². The number of hydrogen-bond donors (Lipinski definition) is 1. The molecule has 0 radical (unpaired) electrons. The molecule has 0 bridgehead atoms. The van der Waals surface area contributed by atoms with E-state index in [4.69, 9.17) is 5.73 Å².